The van der Waals surface area contributed by atoms with Crippen LogP contribution in [0.3, 0.4) is 0 Å². The lowest BCUT2D eigenvalue weighted by atomic mass is 10.1. The van der Waals surface area contributed by atoms with Gasteiger partial charge in [0, 0.05) is 29.9 Å². The maximum atomic E-state index is 11.7. The lowest BCUT2D eigenvalue weighted by molar-refractivity contribution is -0.384. The van der Waals surface area contributed by atoms with Gasteiger partial charge in [0.25, 0.3) is 11.2 Å². The molecule has 7 heteroatoms. The first-order valence-electron chi connectivity index (χ1n) is 6.98. The molecule has 1 aromatic heterocycles. The Labute approximate surface area is 132 Å². The zero-order chi connectivity index (χ0) is 16.1. The number of H-pyrrole nitrogens is 1. The Bertz CT molecular complexity index is 713. The van der Waals surface area contributed by atoms with E-state index in [1.807, 2.05) is 0 Å². The van der Waals surface area contributed by atoms with E-state index in [1.165, 1.54) is 30.0 Å². The van der Waals surface area contributed by atoms with Crippen molar-refractivity contribution in [3.8, 4) is 0 Å². The highest BCUT2D eigenvalue weighted by molar-refractivity contribution is 7.99. The Kier molecular flexibility index (Phi) is 5.32. The predicted octanol–water partition coefficient (Wildman–Crippen LogP) is 3.16. The lowest BCUT2D eigenvalue weighted by Gasteiger charge is -2.08. The number of benzene rings is 1. The van der Waals surface area contributed by atoms with E-state index in [-0.39, 0.29) is 11.2 Å². The maximum Gasteiger partial charge on any atom is 0.269 e. The predicted molar refractivity (Wildman–Crippen MR) is 86.4 cm³/mol. The van der Waals surface area contributed by atoms with Crippen LogP contribution >= 0.6 is 11.8 Å². The summed E-state index contributed by atoms with van der Waals surface area (Å²) in [7, 11) is 0. The van der Waals surface area contributed by atoms with E-state index in [0.717, 1.165) is 12.0 Å². The number of aromatic nitrogens is 2. The summed E-state index contributed by atoms with van der Waals surface area (Å²) in [5.41, 5.74) is 1.40. The first-order chi connectivity index (χ1) is 10.5. The summed E-state index contributed by atoms with van der Waals surface area (Å²) in [5.74, 6) is 0. The second-order valence-electron chi connectivity index (χ2n) is 4.98. The smallest absolute Gasteiger partial charge is 0.269 e. The van der Waals surface area contributed by atoms with Crippen LogP contribution in [0.2, 0.25) is 0 Å². The minimum Gasteiger partial charge on any atom is -0.301 e. The molecule has 0 bridgehead atoms. The average molecular weight is 319 g/mol. The highest BCUT2D eigenvalue weighted by atomic mass is 32.2. The molecule has 116 valence electrons. The van der Waals surface area contributed by atoms with Gasteiger partial charge in [0.05, 0.1) is 10.6 Å². The van der Waals surface area contributed by atoms with Crippen molar-refractivity contribution in [3.05, 3.63) is 62.1 Å². The van der Waals surface area contributed by atoms with Crippen LogP contribution < -0.4 is 5.56 Å². The molecule has 1 aromatic carbocycles. The average Bonchev–Trinajstić information content (AvgIpc) is 2.47. The van der Waals surface area contributed by atoms with Gasteiger partial charge in [-0.3, -0.25) is 14.9 Å². The molecular formula is C15H17N3O3S. The molecule has 1 atom stereocenters. The molecule has 0 fully saturated rings. The third kappa shape index (κ3) is 4.42. The monoisotopic (exact) mass is 319 g/mol. The molecule has 0 amide bonds. The number of nitro groups is 1. The van der Waals surface area contributed by atoms with Crippen LogP contribution in [0.25, 0.3) is 0 Å². The first kappa shape index (κ1) is 16.2. The molecule has 0 saturated heterocycles. The highest BCUT2D eigenvalue weighted by Crippen LogP contribution is 2.21. The summed E-state index contributed by atoms with van der Waals surface area (Å²) in [6.45, 7) is 4.16. The van der Waals surface area contributed by atoms with Crippen LogP contribution in [0, 0.1) is 10.1 Å². The number of aromatic amines is 1. The number of hydrogen-bond donors (Lipinski definition) is 1. The van der Waals surface area contributed by atoms with Gasteiger partial charge in [-0.05, 0) is 12.0 Å². The van der Waals surface area contributed by atoms with E-state index in [0.29, 0.717) is 22.5 Å². The number of non-ortho nitro benzene ring substituents is 1. The van der Waals surface area contributed by atoms with Gasteiger partial charge in [-0.1, -0.05) is 37.7 Å². The van der Waals surface area contributed by atoms with Crippen LogP contribution in [0.1, 0.15) is 31.5 Å². The molecule has 0 aliphatic rings. The van der Waals surface area contributed by atoms with Crippen molar-refractivity contribution in [2.24, 2.45) is 0 Å². The molecular weight excluding hydrogens is 302 g/mol. The van der Waals surface area contributed by atoms with E-state index in [4.69, 9.17) is 0 Å². The molecule has 2 rings (SSSR count). The van der Waals surface area contributed by atoms with E-state index in [1.54, 1.807) is 12.1 Å². The van der Waals surface area contributed by atoms with Crippen LogP contribution in [-0.2, 0) is 6.42 Å². The molecule has 0 spiro atoms. The van der Waals surface area contributed by atoms with Crippen molar-refractivity contribution in [2.75, 3.05) is 0 Å². The number of rotatable bonds is 6. The van der Waals surface area contributed by atoms with Crippen molar-refractivity contribution in [2.45, 2.75) is 37.1 Å². The van der Waals surface area contributed by atoms with Crippen molar-refractivity contribution in [3.63, 3.8) is 0 Å². The number of nitrogens with one attached hydrogen (secondary N) is 1. The molecule has 22 heavy (non-hydrogen) atoms. The third-order valence-electron chi connectivity index (χ3n) is 3.19. The number of nitrogens with zero attached hydrogens (tertiary/aromatic N) is 2. The quantitative estimate of drug-likeness (QED) is 0.382. The second-order valence-corrected chi connectivity index (χ2v) is 6.41. The maximum absolute atomic E-state index is 11.7. The van der Waals surface area contributed by atoms with Crippen molar-refractivity contribution >= 4 is 17.4 Å². The number of hydrogen-bond acceptors (Lipinski definition) is 5. The fourth-order valence-corrected chi connectivity index (χ4v) is 2.73. The fourth-order valence-electron chi connectivity index (χ4n) is 1.85. The Morgan fingerprint density at radius 2 is 2.05 bits per heavy atom. The Morgan fingerprint density at radius 3 is 2.64 bits per heavy atom. The van der Waals surface area contributed by atoms with Crippen LogP contribution in [0.5, 0.6) is 0 Å². The van der Waals surface area contributed by atoms with Gasteiger partial charge < -0.3 is 4.98 Å². The first-order valence-corrected chi connectivity index (χ1v) is 7.86. The summed E-state index contributed by atoms with van der Waals surface area (Å²) in [4.78, 5) is 29.1. The zero-order valence-corrected chi connectivity index (χ0v) is 13.2. The van der Waals surface area contributed by atoms with Gasteiger partial charge in [-0.25, -0.2) is 4.98 Å². The van der Waals surface area contributed by atoms with Gasteiger partial charge in [-0.15, -0.1) is 0 Å². The molecule has 0 aliphatic carbocycles. The van der Waals surface area contributed by atoms with Crippen molar-refractivity contribution in [1.82, 2.24) is 9.97 Å². The van der Waals surface area contributed by atoms with Crippen LogP contribution in [0.15, 0.2) is 40.3 Å². The van der Waals surface area contributed by atoms with Gasteiger partial charge >= 0.3 is 0 Å². The summed E-state index contributed by atoms with van der Waals surface area (Å²) >= 11 is 1.53. The van der Waals surface area contributed by atoms with E-state index < -0.39 is 4.92 Å². The number of thioether (sulfide) groups is 1. The van der Waals surface area contributed by atoms with Gasteiger partial charge in [0.1, 0.15) is 0 Å². The summed E-state index contributed by atoms with van der Waals surface area (Å²) < 4.78 is 0. The normalized spacial score (nSPS) is 12.1. The molecule has 6 nitrogen and oxygen atoms in total. The van der Waals surface area contributed by atoms with Gasteiger partial charge in [-0.2, -0.15) is 0 Å². The zero-order valence-electron chi connectivity index (χ0n) is 12.4. The lowest BCUT2D eigenvalue weighted by Crippen LogP contribution is -2.11. The third-order valence-corrected chi connectivity index (χ3v) is 4.35. The van der Waals surface area contributed by atoms with Gasteiger partial charge in [0.15, 0.2) is 5.16 Å². The summed E-state index contributed by atoms with van der Waals surface area (Å²) in [6, 6.07) is 7.74. The molecule has 0 aliphatic heterocycles. The van der Waals surface area contributed by atoms with Gasteiger partial charge in [0.2, 0.25) is 0 Å². The molecule has 1 heterocycles. The van der Waals surface area contributed by atoms with Crippen LogP contribution in [-0.4, -0.2) is 20.1 Å². The molecule has 1 N–H and O–H groups in total. The Morgan fingerprint density at radius 1 is 1.36 bits per heavy atom. The standard InChI is InChI=1S/C15H17N3O3S/c1-3-10(2)22-15-16-12(9-14(19)17-15)8-11-4-6-13(7-5-11)18(20)21/h4-7,9-10H,3,8H2,1-2H3,(H,16,17,19)/t10-/m1/s1. The largest absolute Gasteiger partial charge is 0.301 e. The molecule has 0 radical (unpaired) electrons. The topological polar surface area (TPSA) is 88.9 Å². The fraction of sp³-hybridized carbons (Fsp3) is 0.333. The molecule has 0 unspecified atom stereocenters. The minimum absolute atomic E-state index is 0.0515. The van der Waals surface area contributed by atoms with Crippen LogP contribution in [0.4, 0.5) is 5.69 Å². The Hall–Kier alpha value is -2.15. The SMILES string of the molecule is CC[C@@H](C)Sc1nc(Cc2ccc([N+](=O)[O-])cc2)cc(=O)[nH]1. The summed E-state index contributed by atoms with van der Waals surface area (Å²) in [5, 5.41) is 11.6. The number of nitro benzene ring substituents is 1. The minimum atomic E-state index is -0.434. The van der Waals surface area contributed by atoms with E-state index in [9.17, 15) is 14.9 Å². The molecule has 2 aromatic rings. The highest BCUT2D eigenvalue weighted by Gasteiger charge is 2.08. The summed E-state index contributed by atoms with van der Waals surface area (Å²) in [6.07, 6.45) is 1.46. The van der Waals surface area contributed by atoms with E-state index in [2.05, 4.69) is 23.8 Å². The molecule has 0 saturated carbocycles. The van der Waals surface area contributed by atoms with E-state index >= 15 is 0 Å². The second kappa shape index (κ2) is 7.22. The van der Waals surface area contributed by atoms with Crippen molar-refractivity contribution in [1.29, 1.82) is 0 Å². The Balaban J connectivity index is 2.18. The van der Waals surface area contributed by atoms with Crippen molar-refractivity contribution < 1.29 is 4.92 Å².